The fraction of sp³-hybridized carbons (Fsp3) is 0.333. The van der Waals surface area contributed by atoms with Crippen molar-refractivity contribution < 1.29 is 14.3 Å². The van der Waals surface area contributed by atoms with Crippen LogP contribution >= 0.6 is 0 Å². The molecule has 0 aliphatic carbocycles. The maximum Gasteiger partial charge on any atom is 0.341 e. The number of pyridine rings is 1. The van der Waals surface area contributed by atoms with Crippen molar-refractivity contribution in [1.82, 2.24) is 4.57 Å². The number of rotatable bonds is 2. The quantitative estimate of drug-likeness (QED) is 0.883. The first kappa shape index (κ1) is 14.4. The third-order valence-electron chi connectivity index (χ3n) is 4.01. The van der Waals surface area contributed by atoms with E-state index in [1.165, 1.54) is 10.8 Å². The zero-order valence-electron chi connectivity index (χ0n) is 12.3. The number of hydrogen-bond acceptors (Lipinski definition) is 4. The smallest absolute Gasteiger partial charge is 0.341 e. The summed E-state index contributed by atoms with van der Waals surface area (Å²) in [5.41, 5.74) is 0.0523. The molecule has 1 aromatic carbocycles. The molecule has 22 heavy (non-hydrogen) atoms. The lowest BCUT2D eigenvalue weighted by atomic mass is 10.1. The number of aromatic carboxylic acids is 1. The third-order valence-corrected chi connectivity index (χ3v) is 4.01. The molecular formula is C15H16FN3O3. The number of halogens is 1. The van der Waals surface area contributed by atoms with Gasteiger partial charge in [0.25, 0.3) is 0 Å². The molecule has 0 unspecified atom stereocenters. The Morgan fingerprint density at radius 3 is 2.86 bits per heavy atom. The minimum atomic E-state index is -1.31. The molecule has 0 fully saturated rings. The van der Waals surface area contributed by atoms with E-state index in [0.29, 0.717) is 31.0 Å². The molecule has 2 aromatic rings. The Morgan fingerprint density at radius 1 is 1.50 bits per heavy atom. The number of likely N-dealkylation sites (N-methyl/N-ethyl adjacent to an activating group) is 1. The number of nitrogens with zero attached hydrogens (tertiary/aromatic N) is 2. The number of hydrogen-bond donors (Lipinski definition) is 2. The largest absolute Gasteiger partial charge is 0.477 e. The van der Waals surface area contributed by atoms with Crippen LogP contribution in [-0.4, -0.2) is 35.8 Å². The summed E-state index contributed by atoms with van der Waals surface area (Å²) in [4.78, 5) is 25.5. The van der Waals surface area contributed by atoms with Gasteiger partial charge in [-0.3, -0.25) is 4.79 Å². The molecule has 3 rings (SSSR count). The van der Waals surface area contributed by atoms with Crippen LogP contribution in [-0.2, 0) is 6.54 Å². The number of benzene rings is 1. The van der Waals surface area contributed by atoms with Gasteiger partial charge in [0, 0.05) is 32.9 Å². The number of carboxylic acids is 1. The number of carbonyl (C=O) groups is 1. The monoisotopic (exact) mass is 305 g/mol. The van der Waals surface area contributed by atoms with E-state index in [4.69, 9.17) is 0 Å². The van der Waals surface area contributed by atoms with Crippen LogP contribution in [0.2, 0.25) is 0 Å². The molecule has 0 bridgehead atoms. The summed E-state index contributed by atoms with van der Waals surface area (Å²) in [6.45, 7) is 3.42. The SMILES string of the molecule is CCn1cc(C(=O)O)c(=O)c2cc3c(c(F)c21)NCCN3C. The lowest BCUT2D eigenvalue weighted by molar-refractivity contribution is 0.0695. The van der Waals surface area contributed by atoms with Crippen LogP contribution in [0.25, 0.3) is 10.9 Å². The van der Waals surface area contributed by atoms with Crippen LogP contribution in [0, 0.1) is 5.82 Å². The number of carboxylic acid groups (broad SMARTS) is 1. The molecule has 1 aliphatic heterocycles. The standard InChI is InChI=1S/C15H16FN3O3/c1-3-19-7-9(15(21)22)14(20)8-6-10-12(11(16)13(8)19)17-4-5-18(10)2/h6-7,17H,3-5H2,1-2H3,(H,21,22). The van der Waals surface area contributed by atoms with Crippen molar-refractivity contribution in [3.05, 3.63) is 33.9 Å². The highest BCUT2D eigenvalue weighted by Gasteiger charge is 2.24. The molecule has 0 radical (unpaired) electrons. The Morgan fingerprint density at radius 2 is 2.23 bits per heavy atom. The van der Waals surface area contributed by atoms with E-state index in [2.05, 4.69) is 5.32 Å². The molecule has 116 valence electrons. The maximum atomic E-state index is 14.9. The van der Waals surface area contributed by atoms with Gasteiger partial charge in [0.1, 0.15) is 5.56 Å². The van der Waals surface area contributed by atoms with Gasteiger partial charge in [-0.2, -0.15) is 0 Å². The summed E-state index contributed by atoms with van der Waals surface area (Å²) >= 11 is 0. The molecule has 2 N–H and O–H groups in total. The van der Waals surface area contributed by atoms with Crippen LogP contribution in [0.5, 0.6) is 0 Å². The Hall–Kier alpha value is -2.57. The number of aromatic nitrogens is 1. The molecule has 7 heteroatoms. The Bertz CT molecular complexity index is 844. The fourth-order valence-corrected chi connectivity index (χ4v) is 2.84. The molecule has 0 saturated heterocycles. The summed E-state index contributed by atoms with van der Waals surface area (Å²) in [5, 5.41) is 12.3. The van der Waals surface area contributed by atoms with Gasteiger partial charge in [0.2, 0.25) is 5.43 Å². The molecular weight excluding hydrogens is 289 g/mol. The van der Waals surface area contributed by atoms with Gasteiger partial charge in [-0.05, 0) is 13.0 Å². The second-order valence-electron chi connectivity index (χ2n) is 5.29. The average Bonchev–Trinajstić information content (AvgIpc) is 2.49. The van der Waals surface area contributed by atoms with Crippen molar-refractivity contribution in [2.24, 2.45) is 0 Å². The lowest BCUT2D eigenvalue weighted by Gasteiger charge is -2.29. The average molecular weight is 305 g/mol. The summed E-state index contributed by atoms with van der Waals surface area (Å²) in [7, 11) is 1.81. The van der Waals surface area contributed by atoms with E-state index in [9.17, 15) is 19.1 Å². The van der Waals surface area contributed by atoms with Crippen molar-refractivity contribution in [3.8, 4) is 0 Å². The topological polar surface area (TPSA) is 74.6 Å². The highest BCUT2D eigenvalue weighted by molar-refractivity contribution is 5.96. The highest BCUT2D eigenvalue weighted by atomic mass is 19.1. The Kier molecular flexibility index (Phi) is 3.27. The normalized spacial score (nSPS) is 13.9. The van der Waals surface area contributed by atoms with E-state index < -0.39 is 17.2 Å². The van der Waals surface area contributed by atoms with Crippen molar-refractivity contribution in [2.75, 3.05) is 30.4 Å². The molecule has 0 atom stereocenters. The first-order chi connectivity index (χ1) is 10.5. The van der Waals surface area contributed by atoms with Crippen molar-refractivity contribution >= 4 is 28.2 Å². The molecule has 6 nitrogen and oxygen atoms in total. The van der Waals surface area contributed by atoms with Crippen LogP contribution in [0.3, 0.4) is 0 Å². The minimum Gasteiger partial charge on any atom is -0.477 e. The first-order valence-corrected chi connectivity index (χ1v) is 7.03. The summed E-state index contributed by atoms with van der Waals surface area (Å²) in [6.07, 6.45) is 1.20. The Labute approximate surface area is 125 Å². The van der Waals surface area contributed by atoms with Crippen molar-refractivity contribution in [3.63, 3.8) is 0 Å². The van der Waals surface area contributed by atoms with Gasteiger partial charge in [0.15, 0.2) is 5.82 Å². The highest BCUT2D eigenvalue weighted by Crippen LogP contribution is 2.35. The lowest BCUT2D eigenvalue weighted by Crippen LogP contribution is -2.31. The van der Waals surface area contributed by atoms with Crippen molar-refractivity contribution in [2.45, 2.75) is 13.5 Å². The van der Waals surface area contributed by atoms with Gasteiger partial charge in [-0.15, -0.1) is 0 Å². The minimum absolute atomic E-state index is 0.0913. The number of nitrogens with one attached hydrogen (secondary N) is 1. The van der Waals surface area contributed by atoms with E-state index in [1.807, 2.05) is 11.9 Å². The number of fused-ring (bicyclic) bond motifs is 2. The van der Waals surface area contributed by atoms with Gasteiger partial charge in [-0.25, -0.2) is 9.18 Å². The summed E-state index contributed by atoms with van der Waals surface area (Å²) < 4.78 is 16.4. The zero-order chi connectivity index (χ0) is 16.0. The number of aryl methyl sites for hydroxylation is 1. The predicted octanol–water partition coefficient (Wildman–Crippen LogP) is 1.72. The molecule has 0 amide bonds. The van der Waals surface area contributed by atoms with Crippen molar-refractivity contribution in [1.29, 1.82) is 0 Å². The van der Waals surface area contributed by atoms with E-state index in [1.54, 1.807) is 13.0 Å². The molecule has 0 spiro atoms. The van der Waals surface area contributed by atoms with Crippen LogP contribution < -0.4 is 15.6 Å². The first-order valence-electron chi connectivity index (χ1n) is 7.03. The molecule has 1 aliphatic rings. The predicted molar refractivity (Wildman–Crippen MR) is 82.6 cm³/mol. The van der Waals surface area contributed by atoms with E-state index in [0.717, 1.165) is 0 Å². The zero-order valence-corrected chi connectivity index (χ0v) is 12.3. The fourth-order valence-electron chi connectivity index (χ4n) is 2.84. The van der Waals surface area contributed by atoms with E-state index >= 15 is 0 Å². The van der Waals surface area contributed by atoms with Gasteiger partial charge >= 0.3 is 5.97 Å². The summed E-state index contributed by atoms with van der Waals surface area (Å²) in [5.74, 6) is -1.83. The summed E-state index contributed by atoms with van der Waals surface area (Å²) in [6, 6.07) is 1.57. The third kappa shape index (κ3) is 1.93. The van der Waals surface area contributed by atoms with Gasteiger partial charge < -0.3 is 19.9 Å². The number of anilines is 2. The van der Waals surface area contributed by atoms with Gasteiger partial charge in [0.05, 0.1) is 22.3 Å². The maximum absolute atomic E-state index is 14.9. The molecule has 2 heterocycles. The van der Waals surface area contributed by atoms with E-state index in [-0.39, 0.29) is 16.5 Å². The molecule has 1 aromatic heterocycles. The van der Waals surface area contributed by atoms with Gasteiger partial charge in [-0.1, -0.05) is 0 Å². The van der Waals surface area contributed by atoms with Crippen LogP contribution in [0.4, 0.5) is 15.8 Å². The second-order valence-corrected chi connectivity index (χ2v) is 5.29. The molecule has 0 saturated carbocycles. The second kappa shape index (κ2) is 5.01. The van der Waals surface area contributed by atoms with Crippen LogP contribution in [0.15, 0.2) is 17.1 Å². The Balaban J connectivity index is 2.48. The van der Waals surface area contributed by atoms with Crippen LogP contribution in [0.1, 0.15) is 17.3 Å².